The molecular formula is C25H22FN3O4. The largest absolute Gasteiger partial charge is 0.492 e. The van der Waals surface area contributed by atoms with Crippen LogP contribution in [0.25, 0.3) is 6.08 Å². The first-order valence-electron chi connectivity index (χ1n) is 10.3. The molecule has 0 saturated carbocycles. The summed E-state index contributed by atoms with van der Waals surface area (Å²) in [5.74, 6) is -1.30. The lowest BCUT2D eigenvalue weighted by molar-refractivity contribution is -0.122. The molecule has 0 atom stereocenters. The highest BCUT2D eigenvalue weighted by atomic mass is 19.1. The van der Waals surface area contributed by atoms with Crippen molar-refractivity contribution < 1.29 is 23.5 Å². The van der Waals surface area contributed by atoms with E-state index in [4.69, 9.17) is 4.74 Å². The molecule has 1 fully saturated rings. The monoisotopic (exact) mass is 447 g/mol. The molecule has 0 unspecified atom stereocenters. The Kier molecular flexibility index (Phi) is 6.08. The lowest BCUT2D eigenvalue weighted by atomic mass is 10.1. The molecule has 0 bridgehead atoms. The molecule has 1 N–H and O–H groups in total. The fraction of sp³-hybridized carbons (Fsp3) is 0.160. The summed E-state index contributed by atoms with van der Waals surface area (Å²) in [4.78, 5) is 38.5. The Morgan fingerprint density at radius 3 is 2.39 bits per heavy atom. The van der Waals surface area contributed by atoms with Crippen molar-refractivity contribution in [3.8, 4) is 5.75 Å². The number of imide groups is 2. The van der Waals surface area contributed by atoms with Crippen molar-refractivity contribution in [1.29, 1.82) is 0 Å². The number of nitrogens with zero attached hydrogens (tertiary/aromatic N) is 2. The number of amides is 4. The number of urea groups is 1. The number of carbonyl (C=O) groups excluding carboxylic acids is 3. The molecule has 3 aromatic rings. The van der Waals surface area contributed by atoms with Gasteiger partial charge in [0.25, 0.3) is 11.8 Å². The van der Waals surface area contributed by atoms with Crippen LogP contribution in [0.15, 0.2) is 66.4 Å². The van der Waals surface area contributed by atoms with Gasteiger partial charge >= 0.3 is 6.03 Å². The number of anilines is 1. The first-order chi connectivity index (χ1) is 15.8. The van der Waals surface area contributed by atoms with Gasteiger partial charge in [0.1, 0.15) is 23.7 Å². The smallest absolute Gasteiger partial charge is 0.335 e. The van der Waals surface area contributed by atoms with E-state index in [9.17, 15) is 18.8 Å². The van der Waals surface area contributed by atoms with Crippen molar-refractivity contribution >= 4 is 29.6 Å². The molecule has 0 spiro atoms. The van der Waals surface area contributed by atoms with Crippen LogP contribution < -0.4 is 15.0 Å². The van der Waals surface area contributed by atoms with E-state index < -0.39 is 23.7 Å². The Bertz CT molecular complexity index is 1240. The number of barbiturate groups is 1. The number of nitrogens with one attached hydrogen (secondary N) is 1. The molecule has 0 radical (unpaired) electrons. The Hall–Kier alpha value is -4.20. The maximum atomic E-state index is 13.3. The first-order valence-corrected chi connectivity index (χ1v) is 10.3. The standard InChI is InChI=1S/C25H22FN3O4/c1-16-12-17(2)14-21(13-16)33-11-10-28-9-3-4-20(28)15-22-23(30)27-25(32)29(24(22)31)19-7-5-18(26)6-8-19/h3-9,12-15H,10-11H2,1-2H3,(H,27,30,32)/b22-15+. The van der Waals surface area contributed by atoms with E-state index in [1.54, 1.807) is 12.1 Å². The van der Waals surface area contributed by atoms with Crippen LogP contribution in [0.3, 0.4) is 0 Å². The number of halogens is 1. The summed E-state index contributed by atoms with van der Waals surface area (Å²) in [6, 6.07) is 13.5. The molecule has 1 aliphatic heterocycles. The molecule has 1 aliphatic rings. The predicted octanol–water partition coefficient (Wildman–Crippen LogP) is 3.99. The first kappa shape index (κ1) is 22.0. The number of hydrogen-bond acceptors (Lipinski definition) is 4. The highest BCUT2D eigenvalue weighted by Gasteiger charge is 2.37. The number of aromatic nitrogens is 1. The van der Waals surface area contributed by atoms with Gasteiger partial charge < -0.3 is 9.30 Å². The van der Waals surface area contributed by atoms with Crippen molar-refractivity contribution in [2.75, 3.05) is 11.5 Å². The third-order valence-electron chi connectivity index (χ3n) is 5.14. The number of benzene rings is 2. The summed E-state index contributed by atoms with van der Waals surface area (Å²) in [5.41, 5.74) is 2.78. The van der Waals surface area contributed by atoms with Gasteiger partial charge in [-0.25, -0.2) is 14.1 Å². The van der Waals surface area contributed by atoms with Crippen LogP contribution >= 0.6 is 0 Å². The molecule has 4 rings (SSSR count). The zero-order valence-electron chi connectivity index (χ0n) is 18.2. The third-order valence-corrected chi connectivity index (χ3v) is 5.14. The summed E-state index contributed by atoms with van der Waals surface area (Å²) >= 11 is 0. The van der Waals surface area contributed by atoms with Crippen molar-refractivity contribution in [1.82, 2.24) is 9.88 Å². The summed E-state index contributed by atoms with van der Waals surface area (Å²) in [7, 11) is 0. The average Bonchev–Trinajstić information content (AvgIpc) is 3.19. The van der Waals surface area contributed by atoms with Crippen LogP contribution in [0.5, 0.6) is 5.75 Å². The Morgan fingerprint density at radius 2 is 1.70 bits per heavy atom. The molecule has 0 aliphatic carbocycles. The van der Waals surface area contributed by atoms with Crippen LogP contribution in [-0.2, 0) is 16.1 Å². The number of rotatable bonds is 6. The number of ether oxygens (including phenoxy) is 1. The SMILES string of the molecule is Cc1cc(C)cc(OCCn2cccc2/C=C2\C(=O)NC(=O)N(c3ccc(F)cc3)C2=O)c1. The molecule has 168 valence electrons. The number of aryl methyl sites for hydroxylation is 2. The normalized spacial score (nSPS) is 15.2. The second kappa shape index (κ2) is 9.12. The highest BCUT2D eigenvalue weighted by molar-refractivity contribution is 6.39. The van der Waals surface area contributed by atoms with Gasteiger partial charge in [0.05, 0.1) is 12.2 Å². The molecule has 8 heteroatoms. The van der Waals surface area contributed by atoms with Crippen LogP contribution in [0, 0.1) is 19.7 Å². The Balaban J connectivity index is 1.53. The molecule has 2 aromatic carbocycles. The molecule has 4 amide bonds. The van der Waals surface area contributed by atoms with Gasteiger partial charge in [0.2, 0.25) is 0 Å². The number of hydrogen-bond donors (Lipinski definition) is 1. The quantitative estimate of drug-likeness (QED) is 0.458. The molecular weight excluding hydrogens is 425 g/mol. The molecule has 1 aromatic heterocycles. The second-order valence-electron chi connectivity index (χ2n) is 7.73. The fourth-order valence-corrected chi connectivity index (χ4v) is 3.67. The van der Waals surface area contributed by atoms with Crippen LogP contribution in [0.2, 0.25) is 0 Å². The minimum absolute atomic E-state index is 0.162. The van der Waals surface area contributed by atoms with Gasteiger partial charge in [-0.3, -0.25) is 14.9 Å². The summed E-state index contributed by atoms with van der Waals surface area (Å²) < 4.78 is 20.9. The van der Waals surface area contributed by atoms with Crippen molar-refractivity contribution in [3.63, 3.8) is 0 Å². The zero-order chi connectivity index (χ0) is 23.5. The Labute approximate surface area is 190 Å². The minimum atomic E-state index is -0.883. The highest BCUT2D eigenvalue weighted by Crippen LogP contribution is 2.22. The summed E-state index contributed by atoms with van der Waals surface area (Å²) in [6.07, 6.45) is 3.24. The van der Waals surface area contributed by atoms with Crippen molar-refractivity contribution in [2.45, 2.75) is 20.4 Å². The second-order valence-corrected chi connectivity index (χ2v) is 7.73. The third kappa shape index (κ3) is 4.85. The van der Waals surface area contributed by atoms with Gasteiger partial charge in [0, 0.05) is 11.9 Å². The van der Waals surface area contributed by atoms with Crippen LogP contribution in [0.1, 0.15) is 16.8 Å². The predicted molar refractivity (Wildman–Crippen MR) is 121 cm³/mol. The fourth-order valence-electron chi connectivity index (χ4n) is 3.67. The van der Waals surface area contributed by atoms with E-state index in [0.717, 1.165) is 33.9 Å². The maximum absolute atomic E-state index is 13.3. The number of carbonyl (C=O) groups is 3. The Morgan fingerprint density at radius 1 is 1.00 bits per heavy atom. The van der Waals surface area contributed by atoms with Gasteiger partial charge in [-0.1, -0.05) is 6.07 Å². The van der Waals surface area contributed by atoms with Crippen molar-refractivity contribution in [3.05, 3.63) is 89.0 Å². The van der Waals surface area contributed by atoms with E-state index in [-0.39, 0.29) is 11.3 Å². The lowest BCUT2D eigenvalue weighted by Gasteiger charge is -2.26. The van der Waals surface area contributed by atoms with E-state index in [1.165, 1.54) is 18.2 Å². The topological polar surface area (TPSA) is 80.6 Å². The van der Waals surface area contributed by atoms with E-state index >= 15 is 0 Å². The molecule has 7 nitrogen and oxygen atoms in total. The molecule has 2 heterocycles. The average molecular weight is 447 g/mol. The van der Waals surface area contributed by atoms with E-state index in [0.29, 0.717) is 18.8 Å². The van der Waals surface area contributed by atoms with Gasteiger partial charge in [0.15, 0.2) is 0 Å². The van der Waals surface area contributed by atoms with Crippen LogP contribution in [0.4, 0.5) is 14.9 Å². The lowest BCUT2D eigenvalue weighted by Crippen LogP contribution is -2.54. The van der Waals surface area contributed by atoms with Gasteiger partial charge in [-0.15, -0.1) is 0 Å². The molecule has 1 saturated heterocycles. The van der Waals surface area contributed by atoms with Gasteiger partial charge in [-0.05, 0) is 79.6 Å². The van der Waals surface area contributed by atoms with E-state index in [1.807, 2.05) is 36.7 Å². The minimum Gasteiger partial charge on any atom is -0.492 e. The van der Waals surface area contributed by atoms with Gasteiger partial charge in [-0.2, -0.15) is 0 Å². The summed E-state index contributed by atoms with van der Waals surface area (Å²) in [6.45, 7) is 4.87. The van der Waals surface area contributed by atoms with Crippen molar-refractivity contribution in [2.24, 2.45) is 0 Å². The maximum Gasteiger partial charge on any atom is 0.335 e. The summed E-state index contributed by atoms with van der Waals surface area (Å²) in [5, 5.41) is 2.16. The van der Waals surface area contributed by atoms with E-state index in [2.05, 4.69) is 11.4 Å². The zero-order valence-corrected chi connectivity index (χ0v) is 18.2. The van der Waals surface area contributed by atoms with Crippen LogP contribution in [-0.4, -0.2) is 29.0 Å². The molecule has 33 heavy (non-hydrogen) atoms.